The molecule has 1 aromatic heterocycles. The van der Waals surface area contributed by atoms with Crippen LogP contribution in [0.5, 0.6) is 0 Å². The smallest absolute Gasteiger partial charge is 0.415 e. The van der Waals surface area contributed by atoms with Crippen molar-refractivity contribution in [3.63, 3.8) is 0 Å². The van der Waals surface area contributed by atoms with Gasteiger partial charge >= 0.3 is 6.09 Å². The van der Waals surface area contributed by atoms with Gasteiger partial charge in [0, 0.05) is 19.2 Å². The number of hydrogen-bond acceptors (Lipinski definition) is 4. The molecule has 2 N–H and O–H groups in total. The van der Waals surface area contributed by atoms with Crippen LogP contribution in [0.3, 0.4) is 0 Å². The fourth-order valence-corrected chi connectivity index (χ4v) is 1.36. The van der Waals surface area contributed by atoms with E-state index in [0.29, 0.717) is 18.8 Å². The number of carbonyl (C=O) groups excluding carboxylic acids is 1. The minimum absolute atomic E-state index is 0.417. The Labute approximate surface area is 108 Å². The van der Waals surface area contributed by atoms with Gasteiger partial charge in [-0.15, -0.1) is 0 Å². The molecule has 0 unspecified atom stereocenters. The highest BCUT2D eigenvalue weighted by atomic mass is 16.6. The Hall–Kier alpha value is -1.62. The van der Waals surface area contributed by atoms with Crippen LogP contribution in [0.25, 0.3) is 0 Å². The Morgan fingerprint density at radius 1 is 1.44 bits per heavy atom. The second-order valence-electron chi connectivity index (χ2n) is 5.07. The van der Waals surface area contributed by atoms with E-state index in [4.69, 9.17) is 10.5 Å². The molecule has 100 valence electrons. The molecule has 0 aliphatic rings. The average Bonchev–Trinajstić information content (AvgIpc) is 2.26. The van der Waals surface area contributed by atoms with Gasteiger partial charge in [-0.05, 0) is 39.4 Å². The molecule has 5 nitrogen and oxygen atoms in total. The molecule has 0 saturated heterocycles. The minimum Gasteiger partial charge on any atom is -0.443 e. The molecule has 0 aliphatic carbocycles. The van der Waals surface area contributed by atoms with Gasteiger partial charge in [0.15, 0.2) is 0 Å². The largest absolute Gasteiger partial charge is 0.443 e. The van der Waals surface area contributed by atoms with E-state index in [2.05, 4.69) is 4.98 Å². The first-order valence-corrected chi connectivity index (χ1v) is 5.96. The number of ether oxygens (including phenoxy) is 1. The highest BCUT2D eigenvalue weighted by molar-refractivity contribution is 5.85. The summed E-state index contributed by atoms with van der Waals surface area (Å²) in [4.78, 5) is 17.6. The molecular weight excluding hydrogens is 230 g/mol. The molecule has 0 fully saturated rings. The summed E-state index contributed by atoms with van der Waals surface area (Å²) in [6.45, 7) is 6.03. The van der Waals surface area contributed by atoms with E-state index in [9.17, 15) is 4.79 Å². The minimum atomic E-state index is -0.514. The van der Waals surface area contributed by atoms with Crippen molar-refractivity contribution in [3.05, 3.63) is 23.9 Å². The van der Waals surface area contributed by atoms with E-state index < -0.39 is 11.7 Å². The molecule has 0 atom stereocenters. The lowest BCUT2D eigenvalue weighted by molar-refractivity contribution is 0.0588. The Morgan fingerprint density at radius 2 is 2.11 bits per heavy atom. The summed E-state index contributed by atoms with van der Waals surface area (Å²) >= 11 is 0. The summed E-state index contributed by atoms with van der Waals surface area (Å²) in [5.41, 5.74) is 5.84. The Bertz CT molecular complexity index is 413. The van der Waals surface area contributed by atoms with Crippen molar-refractivity contribution < 1.29 is 9.53 Å². The van der Waals surface area contributed by atoms with Crippen molar-refractivity contribution in [3.8, 4) is 0 Å². The van der Waals surface area contributed by atoms with Crippen LogP contribution in [0.1, 0.15) is 26.5 Å². The first-order valence-electron chi connectivity index (χ1n) is 5.96. The van der Waals surface area contributed by atoms with Crippen molar-refractivity contribution >= 4 is 11.9 Å². The maximum atomic E-state index is 11.9. The van der Waals surface area contributed by atoms with Crippen LogP contribution in [-0.4, -0.2) is 30.3 Å². The van der Waals surface area contributed by atoms with E-state index >= 15 is 0 Å². The predicted molar refractivity (Wildman–Crippen MR) is 71.6 cm³/mol. The molecule has 1 rings (SSSR count). The van der Waals surface area contributed by atoms with Crippen LogP contribution in [0, 0.1) is 0 Å². The summed E-state index contributed by atoms with van der Waals surface area (Å²) in [6.07, 6.45) is 0.274. The summed E-state index contributed by atoms with van der Waals surface area (Å²) in [7, 11) is 1.64. The zero-order valence-corrected chi connectivity index (χ0v) is 11.4. The van der Waals surface area contributed by atoms with E-state index in [1.165, 1.54) is 4.90 Å². The van der Waals surface area contributed by atoms with Gasteiger partial charge in [-0.2, -0.15) is 0 Å². The van der Waals surface area contributed by atoms with E-state index in [1.807, 2.05) is 32.9 Å². The number of rotatable bonds is 3. The first kappa shape index (κ1) is 14.4. The quantitative estimate of drug-likeness (QED) is 0.891. The number of hydrogen-bond donors (Lipinski definition) is 1. The molecule has 1 amide bonds. The number of amides is 1. The van der Waals surface area contributed by atoms with Crippen molar-refractivity contribution in [1.82, 2.24) is 4.98 Å². The zero-order valence-electron chi connectivity index (χ0n) is 11.4. The van der Waals surface area contributed by atoms with Gasteiger partial charge in [0.2, 0.25) is 0 Å². The van der Waals surface area contributed by atoms with Crippen molar-refractivity contribution in [1.29, 1.82) is 0 Å². The summed E-state index contributed by atoms with van der Waals surface area (Å²) in [5.74, 6) is 0.565. The monoisotopic (exact) mass is 251 g/mol. The van der Waals surface area contributed by atoms with Gasteiger partial charge in [0.25, 0.3) is 0 Å². The fourth-order valence-electron chi connectivity index (χ4n) is 1.36. The number of aromatic nitrogens is 1. The first-order chi connectivity index (χ1) is 8.33. The molecule has 0 aliphatic heterocycles. The Morgan fingerprint density at radius 3 is 2.67 bits per heavy atom. The number of nitrogens with zero attached hydrogens (tertiary/aromatic N) is 2. The molecule has 1 heterocycles. The highest BCUT2D eigenvalue weighted by Crippen LogP contribution is 2.15. The molecule has 18 heavy (non-hydrogen) atoms. The number of anilines is 1. The summed E-state index contributed by atoms with van der Waals surface area (Å²) in [5, 5.41) is 0. The third-order valence-electron chi connectivity index (χ3n) is 2.20. The van der Waals surface area contributed by atoms with Crippen LogP contribution in [0.15, 0.2) is 18.2 Å². The Balaban J connectivity index is 2.80. The van der Waals surface area contributed by atoms with Gasteiger partial charge in [-0.3, -0.25) is 4.90 Å². The standard InChI is InChI=1S/C13H21N3O2/c1-13(2,3)18-12(17)16(4)11-7-5-6-10(15-11)8-9-14/h5-7H,8-9,14H2,1-4H3. The van der Waals surface area contributed by atoms with Crippen LogP contribution >= 0.6 is 0 Å². The van der Waals surface area contributed by atoms with E-state index in [-0.39, 0.29) is 0 Å². The van der Waals surface area contributed by atoms with Crippen molar-refractivity contribution in [2.75, 3.05) is 18.5 Å². The van der Waals surface area contributed by atoms with E-state index in [1.54, 1.807) is 13.1 Å². The predicted octanol–water partition coefficient (Wildman–Crippen LogP) is 1.95. The topological polar surface area (TPSA) is 68.5 Å². The number of pyridine rings is 1. The van der Waals surface area contributed by atoms with Crippen LogP contribution in [0.4, 0.5) is 10.6 Å². The lowest BCUT2D eigenvalue weighted by Crippen LogP contribution is -2.34. The third-order valence-corrected chi connectivity index (χ3v) is 2.20. The second-order valence-corrected chi connectivity index (χ2v) is 5.07. The number of nitrogens with two attached hydrogens (primary N) is 1. The van der Waals surface area contributed by atoms with Gasteiger partial charge < -0.3 is 10.5 Å². The lowest BCUT2D eigenvalue weighted by atomic mass is 10.2. The molecule has 0 aromatic carbocycles. The average molecular weight is 251 g/mol. The molecule has 1 aromatic rings. The molecule has 0 radical (unpaired) electrons. The van der Waals surface area contributed by atoms with E-state index in [0.717, 1.165) is 5.69 Å². The normalized spacial score (nSPS) is 11.2. The SMILES string of the molecule is CN(C(=O)OC(C)(C)C)c1cccc(CCN)n1. The summed E-state index contributed by atoms with van der Waals surface area (Å²) in [6, 6.07) is 5.51. The van der Waals surface area contributed by atoms with Gasteiger partial charge in [0.05, 0.1) is 0 Å². The lowest BCUT2D eigenvalue weighted by Gasteiger charge is -2.24. The fraction of sp³-hybridized carbons (Fsp3) is 0.538. The van der Waals surface area contributed by atoms with Gasteiger partial charge in [-0.25, -0.2) is 9.78 Å². The van der Waals surface area contributed by atoms with Crippen LogP contribution < -0.4 is 10.6 Å². The molecule has 0 saturated carbocycles. The molecular formula is C13H21N3O2. The van der Waals surface area contributed by atoms with Crippen molar-refractivity contribution in [2.45, 2.75) is 32.8 Å². The van der Waals surface area contributed by atoms with Crippen LogP contribution in [0.2, 0.25) is 0 Å². The third kappa shape index (κ3) is 4.33. The van der Waals surface area contributed by atoms with Crippen LogP contribution in [-0.2, 0) is 11.2 Å². The second kappa shape index (κ2) is 5.82. The Kier molecular flexibility index (Phi) is 4.67. The number of carbonyl (C=O) groups is 1. The molecule has 0 bridgehead atoms. The van der Waals surface area contributed by atoms with Crippen molar-refractivity contribution in [2.24, 2.45) is 5.73 Å². The molecule has 0 spiro atoms. The maximum absolute atomic E-state index is 11.9. The molecule has 5 heteroatoms. The maximum Gasteiger partial charge on any atom is 0.415 e. The van der Waals surface area contributed by atoms with Gasteiger partial charge in [-0.1, -0.05) is 6.07 Å². The van der Waals surface area contributed by atoms with Gasteiger partial charge in [0.1, 0.15) is 11.4 Å². The highest BCUT2D eigenvalue weighted by Gasteiger charge is 2.21. The summed E-state index contributed by atoms with van der Waals surface area (Å²) < 4.78 is 5.28. The zero-order chi connectivity index (χ0) is 13.8.